The third kappa shape index (κ3) is 3.56. The van der Waals surface area contributed by atoms with Crippen LogP contribution in [0.2, 0.25) is 0 Å². The average molecular weight is 200 g/mol. The van der Waals surface area contributed by atoms with Crippen LogP contribution in [0.3, 0.4) is 0 Å². The van der Waals surface area contributed by atoms with Gasteiger partial charge >= 0.3 is 0 Å². The summed E-state index contributed by atoms with van der Waals surface area (Å²) >= 11 is 0. The highest BCUT2D eigenvalue weighted by Gasteiger charge is 2.23. The van der Waals surface area contributed by atoms with Crippen molar-refractivity contribution in [3.8, 4) is 0 Å². The third-order valence-electron chi connectivity index (χ3n) is 2.80. The fourth-order valence-electron chi connectivity index (χ4n) is 2.01. The van der Waals surface area contributed by atoms with Gasteiger partial charge in [0.25, 0.3) is 0 Å². The minimum Gasteiger partial charge on any atom is -0.374 e. The Bertz CT molecular complexity index is 146. The molecule has 0 aliphatic carbocycles. The van der Waals surface area contributed by atoms with E-state index in [4.69, 9.17) is 4.74 Å². The topological polar surface area (TPSA) is 24.5 Å². The Balaban J connectivity index is 2.31. The summed E-state index contributed by atoms with van der Waals surface area (Å²) in [5.41, 5.74) is 0. The van der Waals surface area contributed by atoms with Crippen molar-refractivity contribution in [1.29, 1.82) is 0 Å². The molecule has 3 nitrogen and oxygen atoms in total. The lowest BCUT2D eigenvalue weighted by atomic mass is 10.1. The summed E-state index contributed by atoms with van der Waals surface area (Å²) in [7, 11) is 0. The smallest absolute Gasteiger partial charge is 0.0852 e. The standard InChI is InChI=1S/C11H24N2O/c1-4-6-13-7-8-14-11(9-13)10(3)12-5-2/h10-12H,4-9H2,1-3H3. The first-order valence-corrected chi connectivity index (χ1v) is 5.85. The minimum absolute atomic E-state index is 0.371. The summed E-state index contributed by atoms with van der Waals surface area (Å²) < 4.78 is 5.76. The van der Waals surface area contributed by atoms with Crippen LogP contribution < -0.4 is 5.32 Å². The molecule has 1 aliphatic rings. The molecular weight excluding hydrogens is 176 g/mol. The molecule has 0 bridgehead atoms. The first-order valence-electron chi connectivity index (χ1n) is 5.85. The van der Waals surface area contributed by atoms with Crippen LogP contribution in [0.5, 0.6) is 0 Å². The molecule has 1 fully saturated rings. The monoisotopic (exact) mass is 200 g/mol. The average Bonchev–Trinajstić information content (AvgIpc) is 2.19. The second-order valence-corrected chi connectivity index (χ2v) is 4.06. The number of rotatable bonds is 5. The van der Waals surface area contributed by atoms with E-state index in [1.807, 2.05) is 0 Å². The van der Waals surface area contributed by atoms with Crippen molar-refractivity contribution in [2.24, 2.45) is 0 Å². The zero-order valence-electron chi connectivity index (χ0n) is 9.75. The summed E-state index contributed by atoms with van der Waals surface area (Å²) in [6, 6.07) is 0.472. The van der Waals surface area contributed by atoms with Gasteiger partial charge in [-0.2, -0.15) is 0 Å². The van der Waals surface area contributed by atoms with Gasteiger partial charge in [-0.1, -0.05) is 13.8 Å². The molecule has 2 atom stereocenters. The maximum absolute atomic E-state index is 5.76. The third-order valence-corrected chi connectivity index (χ3v) is 2.80. The highest BCUT2D eigenvalue weighted by Crippen LogP contribution is 2.09. The summed E-state index contributed by atoms with van der Waals surface area (Å²) in [5, 5.41) is 3.43. The van der Waals surface area contributed by atoms with Crippen molar-refractivity contribution in [3.05, 3.63) is 0 Å². The summed E-state index contributed by atoms with van der Waals surface area (Å²) in [5.74, 6) is 0. The Morgan fingerprint density at radius 3 is 2.93 bits per heavy atom. The van der Waals surface area contributed by atoms with Crippen molar-refractivity contribution in [2.75, 3.05) is 32.8 Å². The minimum atomic E-state index is 0.371. The maximum atomic E-state index is 5.76. The largest absolute Gasteiger partial charge is 0.374 e. The lowest BCUT2D eigenvalue weighted by molar-refractivity contribution is -0.0430. The molecule has 0 aromatic rings. The fraction of sp³-hybridized carbons (Fsp3) is 1.00. The molecule has 1 N–H and O–H groups in total. The van der Waals surface area contributed by atoms with E-state index in [1.54, 1.807) is 0 Å². The first kappa shape index (κ1) is 12.0. The molecule has 14 heavy (non-hydrogen) atoms. The highest BCUT2D eigenvalue weighted by atomic mass is 16.5. The maximum Gasteiger partial charge on any atom is 0.0852 e. The van der Waals surface area contributed by atoms with Crippen LogP contribution in [0.15, 0.2) is 0 Å². The molecule has 0 amide bonds. The molecular formula is C11H24N2O. The normalized spacial score (nSPS) is 26.4. The molecule has 1 heterocycles. The molecule has 1 aliphatic heterocycles. The van der Waals surface area contributed by atoms with Crippen molar-refractivity contribution in [1.82, 2.24) is 10.2 Å². The lowest BCUT2D eigenvalue weighted by Gasteiger charge is -2.35. The van der Waals surface area contributed by atoms with Gasteiger partial charge in [-0.25, -0.2) is 0 Å². The Kier molecular flexibility index (Phi) is 5.45. The summed E-state index contributed by atoms with van der Waals surface area (Å²) in [4.78, 5) is 2.50. The van der Waals surface area contributed by atoms with Crippen molar-refractivity contribution in [3.63, 3.8) is 0 Å². The van der Waals surface area contributed by atoms with Gasteiger partial charge in [0, 0.05) is 19.1 Å². The van der Waals surface area contributed by atoms with Crippen molar-refractivity contribution < 1.29 is 4.74 Å². The highest BCUT2D eigenvalue weighted by molar-refractivity contribution is 4.79. The predicted octanol–water partition coefficient (Wildman–Crippen LogP) is 1.10. The van der Waals surface area contributed by atoms with E-state index in [-0.39, 0.29) is 0 Å². The number of nitrogens with one attached hydrogen (secondary N) is 1. The Hall–Kier alpha value is -0.120. The van der Waals surface area contributed by atoms with E-state index in [0.29, 0.717) is 12.1 Å². The van der Waals surface area contributed by atoms with Gasteiger partial charge in [-0.15, -0.1) is 0 Å². The van der Waals surface area contributed by atoms with Gasteiger partial charge in [0.15, 0.2) is 0 Å². The van der Waals surface area contributed by atoms with E-state index in [9.17, 15) is 0 Å². The zero-order chi connectivity index (χ0) is 10.4. The van der Waals surface area contributed by atoms with E-state index in [0.717, 1.165) is 26.2 Å². The van der Waals surface area contributed by atoms with Crippen LogP contribution in [0.4, 0.5) is 0 Å². The van der Waals surface area contributed by atoms with Crippen molar-refractivity contribution in [2.45, 2.75) is 39.3 Å². The number of likely N-dealkylation sites (N-methyl/N-ethyl adjacent to an activating group) is 1. The van der Waals surface area contributed by atoms with E-state index < -0.39 is 0 Å². The number of hydrogen-bond acceptors (Lipinski definition) is 3. The molecule has 2 unspecified atom stereocenters. The zero-order valence-corrected chi connectivity index (χ0v) is 9.75. The molecule has 0 saturated carbocycles. The fourth-order valence-corrected chi connectivity index (χ4v) is 2.01. The van der Waals surface area contributed by atoms with Gasteiger partial charge < -0.3 is 10.1 Å². The van der Waals surface area contributed by atoms with Gasteiger partial charge in [0.05, 0.1) is 12.7 Å². The predicted molar refractivity (Wildman–Crippen MR) is 59.6 cm³/mol. The van der Waals surface area contributed by atoms with E-state index >= 15 is 0 Å². The second-order valence-electron chi connectivity index (χ2n) is 4.06. The number of morpholine rings is 1. The van der Waals surface area contributed by atoms with Gasteiger partial charge in [0.1, 0.15) is 0 Å². The van der Waals surface area contributed by atoms with E-state index in [2.05, 4.69) is 31.0 Å². The van der Waals surface area contributed by atoms with Crippen LogP contribution in [0.25, 0.3) is 0 Å². The summed E-state index contributed by atoms with van der Waals surface area (Å²) in [6.07, 6.45) is 1.61. The quantitative estimate of drug-likeness (QED) is 0.719. The van der Waals surface area contributed by atoms with Gasteiger partial charge in [-0.3, -0.25) is 4.90 Å². The molecule has 0 radical (unpaired) electrons. The van der Waals surface area contributed by atoms with Crippen LogP contribution >= 0.6 is 0 Å². The Morgan fingerprint density at radius 2 is 2.29 bits per heavy atom. The molecule has 84 valence electrons. The first-order chi connectivity index (χ1) is 6.77. The Labute approximate surface area is 87.8 Å². The Morgan fingerprint density at radius 1 is 1.50 bits per heavy atom. The molecule has 0 spiro atoms. The molecule has 3 heteroatoms. The van der Waals surface area contributed by atoms with Gasteiger partial charge in [0.2, 0.25) is 0 Å². The van der Waals surface area contributed by atoms with Crippen LogP contribution in [0.1, 0.15) is 27.2 Å². The molecule has 0 aromatic carbocycles. The van der Waals surface area contributed by atoms with Crippen molar-refractivity contribution >= 4 is 0 Å². The number of hydrogen-bond donors (Lipinski definition) is 1. The molecule has 1 saturated heterocycles. The van der Waals surface area contributed by atoms with Crippen LogP contribution in [-0.4, -0.2) is 49.8 Å². The van der Waals surface area contributed by atoms with E-state index in [1.165, 1.54) is 13.0 Å². The van der Waals surface area contributed by atoms with Gasteiger partial charge in [-0.05, 0) is 26.4 Å². The summed E-state index contributed by atoms with van der Waals surface area (Å²) in [6.45, 7) is 11.9. The molecule has 0 aromatic heterocycles. The van der Waals surface area contributed by atoms with Crippen LogP contribution in [0, 0.1) is 0 Å². The number of nitrogens with zero attached hydrogens (tertiary/aromatic N) is 1. The lowest BCUT2D eigenvalue weighted by Crippen LogP contribution is -2.51. The molecule has 1 rings (SSSR count). The SMILES string of the molecule is CCCN1CCOC(C(C)NCC)C1. The van der Waals surface area contributed by atoms with Crippen LogP contribution in [-0.2, 0) is 4.74 Å². The number of ether oxygens (including phenoxy) is 1. The second kappa shape index (κ2) is 6.38.